The predicted octanol–water partition coefficient (Wildman–Crippen LogP) is 3.31. The molecule has 1 N–H and O–H groups in total. The van der Waals surface area contributed by atoms with E-state index in [4.69, 9.17) is 0 Å². The van der Waals surface area contributed by atoms with E-state index in [0.717, 1.165) is 23.3 Å². The van der Waals surface area contributed by atoms with Crippen molar-refractivity contribution in [2.24, 2.45) is 0 Å². The van der Waals surface area contributed by atoms with Crippen LogP contribution < -0.4 is 5.32 Å². The fourth-order valence-electron chi connectivity index (χ4n) is 1.66. The molecule has 6 heteroatoms. The summed E-state index contributed by atoms with van der Waals surface area (Å²) in [4.78, 5) is 14.7. The summed E-state index contributed by atoms with van der Waals surface area (Å²) in [6.45, 7) is 2.98. The number of nitrogens with one attached hydrogen (secondary N) is 1. The highest BCUT2D eigenvalue weighted by molar-refractivity contribution is 7.99. The van der Waals surface area contributed by atoms with Crippen LogP contribution in [0.4, 0.5) is 11.5 Å². The second-order valence-electron chi connectivity index (χ2n) is 4.26. The van der Waals surface area contributed by atoms with E-state index in [1.807, 2.05) is 12.1 Å². The van der Waals surface area contributed by atoms with Gasteiger partial charge in [0.25, 0.3) is 5.69 Å². The number of thioether (sulfide) groups is 1. The van der Waals surface area contributed by atoms with Crippen molar-refractivity contribution >= 4 is 34.2 Å². The molecular weight excluding hydrogens is 262 g/mol. The first kappa shape index (κ1) is 13.6. The maximum absolute atomic E-state index is 10.7. The zero-order chi connectivity index (χ0) is 13.8. The number of hydrogen-bond donors (Lipinski definition) is 1. The van der Waals surface area contributed by atoms with Gasteiger partial charge in [-0.15, -0.1) is 0 Å². The number of rotatable bonds is 5. The number of benzene rings is 1. The smallest absolute Gasteiger partial charge is 0.270 e. The van der Waals surface area contributed by atoms with Crippen LogP contribution in [0, 0.1) is 10.1 Å². The average molecular weight is 277 g/mol. The van der Waals surface area contributed by atoms with Crippen molar-refractivity contribution in [2.75, 3.05) is 18.1 Å². The Morgan fingerprint density at radius 1 is 1.42 bits per heavy atom. The summed E-state index contributed by atoms with van der Waals surface area (Å²) in [7, 11) is 0. The van der Waals surface area contributed by atoms with Gasteiger partial charge in [0.15, 0.2) is 0 Å². The lowest BCUT2D eigenvalue weighted by Crippen LogP contribution is -2.13. The van der Waals surface area contributed by atoms with Crippen LogP contribution in [-0.4, -0.2) is 28.0 Å². The summed E-state index contributed by atoms with van der Waals surface area (Å²) >= 11 is 1.79. The second-order valence-corrected chi connectivity index (χ2v) is 5.53. The first-order chi connectivity index (χ1) is 9.10. The molecule has 1 aromatic heterocycles. The van der Waals surface area contributed by atoms with Crippen molar-refractivity contribution in [1.29, 1.82) is 0 Å². The Bertz CT molecular complexity index is 603. The number of aromatic nitrogens is 1. The third kappa shape index (κ3) is 3.35. The molecule has 0 aliphatic heterocycles. The molecule has 0 saturated heterocycles. The van der Waals surface area contributed by atoms with E-state index in [1.165, 1.54) is 12.1 Å². The normalized spacial score (nSPS) is 12.3. The van der Waals surface area contributed by atoms with Gasteiger partial charge >= 0.3 is 0 Å². The summed E-state index contributed by atoms with van der Waals surface area (Å²) in [5.74, 6) is 0.794. The van der Waals surface area contributed by atoms with Crippen LogP contribution in [0.2, 0.25) is 0 Å². The highest BCUT2D eigenvalue weighted by Gasteiger charge is 2.07. The standard InChI is InChI=1S/C13H15N3O2S/c1-9(19-2)8-14-13-6-3-10-7-11(16(17)18)4-5-12(10)15-13/h3-7,9H,8H2,1-2H3,(H,14,15). The monoisotopic (exact) mass is 277 g/mol. The fourth-order valence-corrected chi connectivity index (χ4v) is 1.91. The number of nitrogens with zero attached hydrogens (tertiary/aromatic N) is 2. The maximum Gasteiger partial charge on any atom is 0.270 e. The molecule has 0 amide bonds. The number of fused-ring (bicyclic) bond motifs is 1. The average Bonchev–Trinajstić information content (AvgIpc) is 2.43. The van der Waals surface area contributed by atoms with Crippen LogP contribution in [0.3, 0.4) is 0 Å². The van der Waals surface area contributed by atoms with Gasteiger partial charge in [-0.2, -0.15) is 11.8 Å². The molecule has 19 heavy (non-hydrogen) atoms. The van der Waals surface area contributed by atoms with Crippen LogP contribution in [0.1, 0.15) is 6.92 Å². The second kappa shape index (κ2) is 5.88. The van der Waals surface area contributed by atoms with Crippen LogP contribution >= 0.6 is 11.8 Å². The minimum absolute atomic E-state index is 0.0889. The van der Waals surface area contributed by atoms with Gasteiger partial charge in [0.1, 0.15) is 5.82 Å². The van der Waals surface area contributed by atoms with Gasteiger partial charge in [-0.25, -0.2) is 4.98 Å². The molecule has 0 aliphatic carbocycles. The van der Waals surface area contributed by atoms with Gasteiger partial charge in [-0.1, -0.05) is 6.92 Å². The Morgan fingerprint density at radius 3 is 2.89 bits per heavy atom. The quantitative estimate of drug-likeness (QED) is 0.670. The van der Waals surface area contributed by atoms with Gasteiger partial charge in [-0.3, -0.25) is 10.1 Å². The molecule has 2 rings (SSSR count). The van der Waals surface area contributed by atoms with E-state index in [2.05, 4.69) is 23.5 Å². The summed E-state index contributed by atoms with van der Waals surface area (Å²) < 4.78 is 0. The van der Waals surface area contributed by atoms with Gasteiger partial charge < -0.3 is 5.32 Å². The summed E-state index contributed by atoms with van der Waals surface area (Å²) in [6.07, 6.45) is 2.07. The topological polar surface area (TPSA) is 68.1 Å². The molecule has 1 atom stereocenters. The van der Waals surface area contributed by atoms with Crippen molar-refractivity contribution < 1.29 is 4.92 Å². The maximum atomic E-state index is 10.7. The van der Waals surface area contributed by atoms with Crippen molar-refractivity contribution in [3.63, 3.8) is 0 Å². The zero-order valence-corrected chi connectivity index (χ0v) is 11.6. The third-order valence-electron chi connectivity index (χ3n) is 2.86. The molecule has 1 unspecified atom stereocenters. The first-order valence-electron chi connectivity index (χ1n) is 5.92. The molecular formula is C13H15N3O2S. The summed E-state index contributed by atoms with van der Waals surface area (Å²) in [5, 5.41) is 15.2. The minimum Gasteiger partial charge on any atom is -0.369 e. The molecule has 0 bridgehead atoms. The molecule has 100 valence electrons. The van der Waals surface area contributed by atoms with Crippen molar-refractivity contribution in [1.82, 2.24) is 4.98 Å². The molecule has 0 saturated carbocycles. The van der Waals surface area contributed by atoms with Gasteiger partial charge in [0.2, 0.25) is 0 Å². The van der Waals surface area contributed by atoms with Gasteiger partial charge in [0, 0.05) is 29.3 Å². The lowest BCUT2D eigenvalue weighted by atomic mass is 10.2. The SMILES string of the molecule is CSC(C)CNc1ccc2cc([N+](=O)[O-])ccc2n1. The Labute approximate surface area is 115 Å². The Morgan fingerprint density at radius 2 is 2.21 bits per heavy atom. The number of nitro benzene ring substituents is 1. The Kier molecular flexibility index (Phi) is 4.21. The Balaban J connectivity index is 2.21. The number of hydrogen-bond acceptors (Lipinski definition) is 5. The number of nitro groups is 1. The van der Waals surface area contributed by atoms with Crippen LogP contribution in [-0.2, 0) is 0 Å². The minimum atomic E-state index is -0.397. The zero-order valence-electron chi connectivity index (χ0n) is 10.8. The largest absolute Gasteiger partial charge is 0.369 e. The van der Waals surface area contributed by atoms with E-state index in [9.17, 15) is 10.1 Å². The van der Waals surface area contributed by atoms with Crippen LogP contribution in [0.5, 0.6) is 0 Å². The van der Waals surface area contributed by atoms with E-state index in [1.54, 1.807) is 17.8 Å². The van der Waals surface area contributed by atoms with E-state index in [-0.39, 0.29) is 5.69 Å². The molecule has 2 aromatic rings. The third-order valence-corrected chi connectivity index (χ3v) is 3.83. The van der Waals surface area contributed by atoms with Crippen molar-refractivity contribution in [3.05, 3.63) is 40.4 Å². The van der Waals surface area contributed by atoms with Gasteiger partial charge in [-0.05, 0) is 24.5 Å². The molecule has 0 fully saturated rings. The molecule has 0 aliphatic rings. The number of non-ortho nitro benzene ring substituents is 1. The molecule has 0 spiro atoms. The predicted molar refractivity (Wildman–Crippen MR) is 79.9 cm³/mol. The fraction of sp³-hybridized carbons (Fsp3) is 0.308. The molecule has 5 nitrogen and oxygen atoms in total. The number of pyridine rings is 1. The lowest BCUT2D eigenvalue weighted by Gasteiger charge is -2.10. The summed E-state index contributed by atoms with van der Waals surface area (Å²) in [5.41, 5.74) is 0.846. The Hall–Kier alpha value is -1.82. The van der Waals surface area contributed by atoms with Crippen LogP contribution in [0.25, 0.3) is 10.9 Å². The summed E-state index contributed by atoms with van der Waals surface area (Å²) in [6, 6.07) is 8.39. The highest BCUT2D eigenvalue weighted by atomic mass is 32.2. The molecule has 1 aromatic carbocycles. The van der Waals surface area contributed by atoms with Crippen molar-refractivity contribution in [2.45, 2.75) is 12.2 Å². The molecule has 0 radical (unpaired) electrons. The van der Waals surface area contributed by atoms with Crippen LogP contribution in [0.15, 0.2) is 30.3 Å². The van der Waals surface area contributed by atoms with Gasteiger partial charge in [0.05, 0.1) is 10.4 Å². The highest BCUT2D eigenvalue weighted by Crippen LogP contribution is 2.21. The van der Waals surface area contributed by atoms with E-state index in [0.29, 0.717) is 5.25 Å². The van der Waals surface area contributed by atoms with E-state index < -0.39 is 4.92 Å². The molecule has 1 heterocycles. The lowest BCUT2D eigenvalue weighted by molar-refractivity contribution is -0.384. The number of anilines is 1. The van der Waals surface area contributed by atoms with Crippen molar-refractivity contribution in [3.8, 4) is 0 Å². The van der Waals surface area contributed by atoms with E-state index >= 15 is 0 Å². The first-order valence-corrected chi connectivity index (χ1v) is 7.21.